The van der Waals surface area contributed by atoms with Gasteiger partial charge < -0.3 is 5.73 Å². The molecule has 0 aliphatic heterocycles. The Balaban J connectivity index is 1.87. The van der Waals surface area contributed by atoms with Crippen molar-refractivity contribution in [1.82, 2.24) is 5.48 Å². The average molecular weight is 116 g/mol. The van der Waals surface area contributed by atoms with Crippen LogP contribution in [0, 0.1) is 0 Å². The Kier molecular flexibility index (Phi) is 1.83. The van der Waals surface area contributed by atoms with E-state index in [9.17, 15) is 0 Å². The van der Waals surface area contributed by atoms with E-state index < -0.39 is 0 Å². The van der Waals surface area contributed by atoms with Crippen LogP contribution in [0.3, 0.4) is 0 Å². The van der Waals surface area contributed by atoms with Crippen LogP contribution in [0.25, 0.3) is 0 Å². The van der Waals surface area contributed by atoms with Gasteiger partial charge in [0.25, 0.3) is 0 Å². The highest BCUT2D eigenvalue weighted by Gasteiger charge is 2.21. The molecule has 3 N–H and O–H groups in total. The Morgan fingerprint density at radius 3 is 2.75 bits per heavy atom. The smallest absolute Gasteiger partial charge is 0.124 e. The molecular weight excluding hydrogens is 104 g/mol. The zero-order valence-electron chi connectivity index (χ0n) is 5.05. The van der Waals surface area contributed by atoms with Gasteiger partial charge in [0.05, 0.1) is 0 Å². The molecule has 0 saturated heterocycles. The van der Waals surface area contributed by atoms with Crippen molar-refractivity contribution in [3.8, 4) is 0 Å². The van der Waals surface area contributed by atoms with Gasteiger partial charge in [-0.1, -0.05) is 0 Å². The minimum Gasteiger partial charge on any atom is -0.305 e. The summed E-state index contributed by atoms with van der Waals surface area (Å²) >= 11 is 0. The Hall–Kier alpha value is -0.120. The number of nitrogens with two attached hydrogens (primary N) is 1. The number of hydrogen-bond acceptors (Lipinski definition) is 3. The lowest BCUT2D eigenvalue weighted by Gasteiger charge is -2.05. The Labute approximate surface area is 49.2 Å². The molecule has 8 heavy (non-hydrogen) atoms. The minimum absolute atomic E-state index is 0.185. The maximum Gasteiger partial charge on any atom is 0.124 e. The topological polar surface area (TPSA) is 47.3 Å². The van der Waals surface area contributed by atoms with Gasteiger partial charge in [0.2, 0.25) is 0 Å². The summed E-state index contributed by atoms with van der Waals surface area (Å²) in [5.74, 6) is 0. The normalized spacial score (nSPS) is 23.2. The third-order valence-electron chi connectivity index (χ3n) is 0.998. The van der Waals surface area contributed by atoms with Crippen LogP contribution in [0.1, 0.15) is 19.8 Å². The SMILES string of the molecule is CC(N)ONC1CC1. The minimum atomic E-state index is -0.185. The fourth-order valence-corrected chi connectivity index (χ4v) is 0.405. The van der Waals surface area contributed by atoms with Crippen molar-refractivity contribution in [3.63, 3.8) is 0 Å². The summed E-state index contributed by atoms with van der Waals surface area (Å²) in [7, 11) is 0. The molecule has 0 aromatic carbocycles. The van der Waals surface area contributed by atoms with E-state index in [1.54, 1.807) is 6.92 Å². The number of rotatable bonds is 3. The molecule has 3 nitrogen and oxygen atoms in total. The predicted octanol–water partition coefficient (Wildman–Crippen LogP) is -0.0253. The molecule has 1 atom stereocenters. The molecule has 0 spiro atoms. The fourth-order valence-electron chi connectivity index (χ4n) is 0.405. The van der Waals surface area contributed by atoms with Crippen molar-refractivity contribution in [2.24, 2.45) is 5.73 Å². The summed E-state index contributed by atoms with van der Waals surface area (Å²) in [5, 5.41) is 0. The van der Waals surface area contributed by atoms with Crippen molar-refractivity contribution in [2.75, 3.05) is 0 Å². The fraction of sp³-hybridized carbons (Fsp3) is 1.00. The van der Waals surface area contributed by atoms with E-state index in [1.807, 2.05) is 0 Å². The van der Waals surface area contributed by atoms with Crippen molar-refractivity contribution in [2.45, 2.75) is 32.0 Å². The van der Waals surface area contributed by atoms with Gasteiger partial charge >= 0.3 is 0 Å². The van der Waals surface area contributed by atoms with Gasteiger partial charge in [0.1, 0.15) is 6.23 Å². The first kappa shape index (κ1) is 6.01. The van der Waals surface area contributed by atoms with Gasteiger partial charge in [-0.15, -0.1) is 0 Å². The molecular formula is C5H12N2O. The molecule has 1 aliphatic carbocycles. The zero-order valence-corrected chi connectivity index (χ0v) is 5.05. The standard InChI is InChI=1S/C5H12N2O/c1-4(6)8-7-5-2-3-5/h4-5,7H,2-3,6H2,1H3. The number of hydroxylamine groups is 1. The predicted molar refractivity (Wildman–Crippen MR) is 30.9 cm³/mol. The third kappa shape index (κ3) is 2.26. The van der Waals surface area contributed by atoms with E-state index in [0.29, 0.717) is 6.04 Å². The van der Waals surface area contributed by atoms with Crippen molar-refractivity contribution >= 4 is 0 Å². The molecule has 1 fully saturated rings. The van der Waals surface area contributed by atoms with Crippen molar-refractivity contribution in [1.29, 1.82) is 0 Å². The van der Waals surface area contributed by atoms with Gasteiger partial charge in [-0.25, -0.2) is 0 Å². The molecule has 3 heteroatoms. The summed E-state index contributed by atoms with van der Waals surface area (Å²) in [6, 6.07) is 0.584. The largest absolute Gasteiger partial charge is 0.305 e. The molecule has 1 saturated carbocycles. The first-order chi connectivity index (χ1) is 3.79. The molecule has 0 bridgehead atoms. The first-order valence-corrected chi connectivity index (χ1v) is 2.96. The van der Waals surface area contributed by atoms with E-state index in [2.05, 4.69) is 5.48 Å². The molecule has 1 unspecified atom stereocenters. The first-order valence-electron chi connectivity index (χ1n) is 2.96. The molecule has 0 radical (unpaired) electrons. The van der Waals surface area contributed by atoms with Gasteiger partial charge in [-0.2, -0.15) is 5.48 Å². The van der Waals surface area contributed by atoms with Gasteiger partial charge in [0.15, 0.2) is 0 Å². The molecule has 0 heterocycles. The van der Waals surface area contributed by atoms with Crippen LogP contribution < -0.4 is 11.2 Å². The van der Waals surface area contributed by atoms with E-state index in [-0.39, 0.29) is 6.23 Å². The lowest BCUT2D eigenvalue weighted by molar-refractivity contribution is -0.0154. The summed E-state index contributed by atoms with van der Waals surface area (Å²) in [5.41, 5.74) is 8.11. The highest BCUT2D eigenvalue weighted by Crippen LogP contribution is 2.18. The van der Waals surface area contributed by atoms with Crippen molar-refractivity contribution < 1.29 is 4.84 Å². The number of nitrogens with one attached hydrogen (secondary N) is 1. The lowest BCUT2D eigenvalue weighted by Crippen LogP contribution is -2.29. The van der Waals surface area contributed by atoms with E-state index in [0.717, 1.165) is 0 Å². The monoisotopic (exact) mass is 116 g/mol. The van der Waals surface area contributed by atoms with Crippen LogP contribution in [0.4, 0.5) is 0 Å². The van der Waals surface area contributed by atoms with Crippen LogP contribution >= 0.6 is 0 Å². The van der Waals surface area contributed by atoms with E-state index in [1.165, 1.54) is 12.8 Å². The van der Waals surface area contributed by atoms with E-state index >= 15 is 0 Å². The Bertz CT molecular complexity index is 68.8. The Morgan fingerprint density at radius 2 is 2.38 bits per heavy atom. The van der Waals surface area contributed by atoms with Crippen LogP contribution in [-0.2, 0) is 4.84 Å². The summed E-state index contributed by atoms with van der Waals surface area (Å²) in [4.78, 5) is 4.89. The maximum absolute atomic E-state index is 5.28. The molecule has 1 aliphatic rings. The van der Waals surface area contributed by atoms with Crippen molar-refractivity contribution in [3.05, 3.63) is 0 Å². The molecule has 1 rings (SSSR count). The number of hydrogen-bond donors (Lipinski definition) is 2. The Morgan fingerprint density at radius 1 is 1.75 bits per heavy atom. The zero-order chi connectivity index (χ0) is 5.98. The quantitative estimate of drug-likeness (QED) is 0.402. The molecule has 0 aromatic heterocycles. The van der Waals surface area contributed by atoms with Gasteiger partial charge in [-0.05, 0) is 19.8 Å². The van der Waals surface area contributed by atoms with Crippen LogP contribution in [0.2, 0.25) is 0 Å². The highest BCUT2D eigenvalue weighted by atomic mass is 16.7. The molecule has 0 aromatic rings. The second-order valence-electron chi connectivity index (χ2n) is 2.22. The highest BCUT2D eigenvalue weighted by molar-refractivity contribution is 4.77. The van der Waals surface area contributed by atoms with Crippen LogP contribution in [0.5, 0.6) is 0 Å². The molecule has 48 valence electrons. The maximum atomic E-state index is 5.28. The van der Waals surface area contributed by atoms with Crippen LogP contribution in [-0.4, -0.2) is 12.3 Å². The summed E-state index contributed by atoms with van der Waals surface area (Å²) < 4.78 is 0. The van der Waals surface area contributed by atoms with E-state index in [4.69, 9.17) is 10.6 Å². The van der Waals surface area contributed by atoms with Gasteiger partial charge in [-0.3, -0.25) is 4.84 Å². The average Bonchev–Trinajstić information content (AvgIpc) is 2.41. The summed E-state index contributed by atoms with van der Waals surface area (Å²) in [6.45, 7) is 1.80. The van der Waals surface area contributed by atoms with Crippen LogP contribution in [0.15, 0.2) is 0 Å². The second kappa shape index (κ2) is 2.44. The molecule has 0 amide bonds. The third-order valence-corrected chi connectivity index (χ3v) is 0.998. The lowest BCUT2D eigenvalue weighted by atomic mass is 10.7. The van der Waals surface area contributed by atoms with Gasteiger partial charge in [0, 0.05) is 6.04 Å². The second-order valence-corrected chi connectivity index (χ2v) is 2.22. The summed E-state index contributed by atoms with van der Waals surface area (Å²) in [6.07, 6.45) is 2.27.